The van der Waals surface area contributed by atoms with Gasteiger partial charge < -0.3 is 19.7 Å². The summed E-state index contributed by atoms with van der Waals surface area (Å²) in [5, 5.41) is 18.5. The lowest BCUT2D eigenvalue weighted by molar-refractivity contribution is -0.135. The number of cyclic esters (lactones) is 1. The average molecular weight is 280 g/mol. The highest BCUT2D eigenvalue weighted by Gasteiger charge is 2.29. The summed E-state index contributed by atoms with van der Waals surface area (Å²) in [6, 6.07) is 3.28. The Bertz CT molecular complexity index is 565. The first-order valence-electron chi connectivity index (χ1n) is 5.80. The number of pyridine rings is 1. The van der Waals surface area contributed by atoms with Crippen molar-refractivity contribution in [1.82, 2.24) is 4.98 Å². The molecule has 0 saturated heterocycles. The minimum Gasteiger partial charge on any atom is -0.502 e. The van der Waals surface area contributed by atoms with Crippen LogP contribution in [0.3, 0.4) is 0 Å². The molecule has 0 aromatic carbocycles. The summed E-state index contributed by atoms with van der Waals surface area (Å²) in [6.45, 7) is -0.604. The van der Waals surface area contributed by atoms with E-state index < -0.39 is 24.2 Å². The molecule has 0 unspecified atom stereocenters. The van der Waals surface area contributed by atoms with Crippen LogP contribution in [0.4, 0.5) is 4.39 Å². The summed E-state index contributed by atoms with van der Waals surface area (Å²) in [7, 11) is 0. The molecule has 0 saturated carbocycles. The summed E-state index contributed by atoms with van der Waals surface area (Å²) in [4.78, 5) is 15.0. The number of alkyl halides is 1. The lowest BCUT2D eigenvalue weighted by atomic mass is 10.2. The van der Waals surface area contributed by atoms with Gasteiger partial charge in [-0.25, -0.2) is 9.18 Å². The van der Waals surface area contributed by atoms with Gasteiger partial charge in [0, 0.05) is 12.1 Å². The Balaban J connectivity index is 1.99. The van der Waals surface area contributed by atoms with E-state index in [2.05, 4.69) is 9.72 Å². The predicted molar refractivity (Wildman–Crippen MR) is 65.9 cm³/mol. The van der Waals surface area contributed by atoms with Crippen molar-refractivity contribution in [2.24, 2.45) is 0 Å². The SMILES string of the molecule is O=C1O/C(=C/Cc2ccc(OCC[18F])cn2)C(O)=C1O. The molecule has 1 aliphatic rings. The molecule has 7 heteroatoms. The van der Waals surface area contributed by atoms with Gasteiger partial charge in [-0.15, -0.1) is 0 Å². The maximum absolute atomic E-state index is 11.9. The Labute approximate surface area is 113 Å². The first-order valence-corrected chi connectivity index (χ1v) is 5.80. The number of carbonyl (C=O) groups excluding carboxylic acids is 1. The van der Waals surface area contributed by atoms with Crippen molar-refractivity contribution in [3.8, 4) is 5.75 Å². The summed E-state index contributed by atoms with van der Waals surface area (Å²) in [6.07, 6.45) is 3.14. The fourth-order valence-electron chi connectivity index (χ4n) is 1.52. The van der Waals surface area contributed by atoms with Gasteiger partial charge in [0.25, 0.3) is 0 Å². The van der Waals surface area contributed by atoms with Gasteiger partial charge >= 0.3 is 5.97 Å². The Morgan fingerprint density at radius 1 is 1.35 bits per heavy atom. The topological polar surface area (TPSA) is 88.9 Å². The molecule has 2 heterocycles. The molecule has 0 radical (unpaired) electrons. The van der Waals surface area contributed by atoms with Gasteiger partial charge in [-0.2, -0.15) is 0 Å². The number of aliphatic hydroxyl groups excluding tert-OH is 2. The summed E-state index contributed by atoms with van der Waals surface area (Å²) >= 11 is 0. The molecule has 20 heavy (non-hydrogen) atoms. The van der Waals surface area contributed by atoms with Crippen LogP contribution < -0.4 is 4.74 Å². The van der Waals surface area contributed by atoms with Crippen LogP contribution in [0.1, 0.15) is 5.69 Å². The van der Waals surface area contributed by atoms with Crippen molar-refractivity contribution in [3.05, 3.63) is 47.4 Å². The first kappa shape index (κ1) is 13.9. The molecule has 0 spiro atoms. The lowest BCUT2D eigenvalue weighted by Crippen LogP contribution is -1.99. The van der Waals surface area contributed by atoms with Gasteiger partial charge in [-0.05, 0) is 18.2 Å². The van der Waals surface area contributed by atoms with Gasteiger partial charge in [-0.1, -0.05) is 0 Å². The normalized spacial score (nSPS) is 16.6. The van der Waals surface area contributed by atoms with Crippen LogP contribution in [0.5, 0.6) is 5.75 Å². The number of halogens is 1. The zero-order chi connectivity index (χ0) is 14.5. The number of ether oxygens (including phenoxy) is 2. The van der Waals surface area contributed by atoms with Crippen LogP contribution in [0.25, 0.3) is 0 Å². The second-order valence-electron chi connectivity index (χ2n) is 3.88. The van der Waals surface area contributed by atoms with Crippen molar-refractivity contribution in [3.63, 3.8) is 0 Å². The van der Waals surface area contributed by atoms with Gasteiger partial charge in [0.2, 0.25) is 11.5 Å². The Hall–Kier alpha value is -2.57. The summed E-state index contributed by atoms with van der Waals surface area (Å²) < 4.78 is 21.6. The maximum Gasteiger partial charge on any atom is 0.383 e. The molecule has 0 fully saturated rings. The van der Waals surface area contributed by atoms with Crippen LogP contribution >= 0.6 is 0 Å². The number of allylic oxidation sites excluding steroid dienone is 1. The molecule has 6 nitrogen and oxygen atoms in total. The molecule has 1 aromatic heterocycles. The summed E-state index contributed by atoms with van der Waals surface area (Å²) in [5.74, 6) is -2.03. The van der Waals surface area contributed by atoms with Crippen LogP contribution in [0.15, 0.2) is 41.7 Å². The van der Waals surface area contributed by atoms with Gasteiger partial charge in [0.1, 0.15) is 19.0 Å². The third-order valence-corrected chi connectivity index (χ3v) is 2.49. The molecule has 2 rings (SSSR count). The highest BCUT2D eigenvalue weighted by Crippen LogP contribution is 2.22. The quantitative estimate of drug-likeness (QED) is 0.799. The second kappa shape index (κ2) is 6.05. The van der Waals surface area contributed by atoms with E-state index in [1.54, 1.807) is 12.1 Å². The number of rotatable bonds is 5. The van der Waals surface area contributed by atoms with E-state index in [1.165, 1.54) is 12.3 Å². The molecule has 0 amide bonds. The number of aromatic nitrogens is 1. The van der Waals surface area contributed by atoms with E-state index >= 15 is 0 Å². The van der Waals surface area contributed by atoms with Crippen LogP contribution in [-0.2, 0) is 16.0 Å². The molecule has 0 bridgehead atoms. The Kier molecular flexibility index (Phi) is 4.19. The number of carbonyl (C=O) groups is 1. The molecular formula is C13H12FNO5. The monoisotopic (exact) mass is 280 g/mol. The number of hydrogen-bond donors (Lipinski definition) is 2. The minimum absolute atomic E-state index is 0.0288. The van der Waals surface area contributed by atoms with Gasteiger partial charge in [0.05, 0.1) is 6.20 Å². The fraction of sp³-hybridized carbons (Fsp3) is 0.231. The van der Waals surface area contributed by atoms with E-state index in [-0.39, 0.29) is 18.8 Å². The number of aliphatic hydroxyl groups is 2. The molecule has 2 N–H and O–H groups in total. The van der Waals surface area contributed by atoms with Crippen molar-refractivity contribution >= 4 is 5.97 Å². The maximum atomic E-state index is 11.9. The molecule has 1 aliphatic heterocycles. The zero-order valence-corrected chi connectivity index (χ0v) is 10.4. The molecular weight excluding hydrogens is 268 g/mol. The summed E-state index contributed by atoms with van der Waals surface area (Å²) in [5.41, 5.74) is 0.625. The highest BCUT2D eigenvalue weighted by atomic mass is 18.2. The first-order chi connectivity index (χ1) is 9.61. The van der Waals surface area contributed by atoms with Crippen molar-refractivity contribution in [2.75, 3.05) is 13.3 Å². The third kappa shape index (κ3) is 3.05. The van der Waals surface area contributed by atoms with Gasteiger partial charge in [0.15, 0.2) is 5.76 Å². The third-order valence-electron chi connectivity index (χ3n) is 2.49. The molecule has 106 valence electrons. The molecule has 0 aliphatic carbocycles. The van der Waals surface area contributed by atoms with E-state index in [9.17, 15) is 14.3 Å². The Morgan fingerprint density at radius 3 is 2.70 bits per heavy atom. The Morgan fingerprint density at radius 2 is 2.15 bits per heavy atom. The average Bonchev–Trinajstić information content (AvgIpc) is 2.71. The smallest absolute Gasteiger partial charge is 0.383 e. The number of hydrogen-bond acceptors (Lipinski definition) is 6. The lowest BCUT2D eigenvalue weighted by Gasteiger charge is -2.03. The van der Waals surface area contributed by atoms with E-state index in [0.717, 1.165) is 0 Å². The fourth-order valence-corrected chi connectivity index (χ4v) is 1.52. The van der Waals surface area contributed by atoms with Crippen LogP contribution in [-0.4, -0.2) is 34.4 Å². The predicted octanol–water partition coefficient (Wildman–Crippen LogP) is 1.74. The number of esters is 1. The van der Waals surface area contributed by atoms with Crippen LogP contribution in [0.2, 0.25) is 0 Å². The van der Waals surface area contributed by atoms with Crippen molar-refractivity contribution < 1.29 is 28.9 Å². The van der Waals surface area contributed by atoms with E-state index in [4.69, 9.17) is 9.84 Å². The van der Waals surface area contributed by atoms with Crippen molar-refractivity contribution in [2.45, 2.75) is 6.42 Å². The van der Waals surface area contributed by atoms with Gasteiger partial charge in [-0.3, -0.25) is 4.98 Å². The minimum atomic E-state index is -0.989. The second-order valence-corrected chi connectivity index (χ2v) is 3.88. The zero-order valence-electron chi connectivity index (χ0n) is 10.4. The molecule has 0 atom stereocenters. The van der Waals surface area contributed by atoms with Crippen LogP contribution in [0, 0.1) is 0 Å². The van der Waals surface area contributed by atoms with E-state index in [1.807, 2.05) is 0 Å². The largest absolute Gasteiger partial charge is 0.502 e. The highest BCUT2D eigenvalue weighted by molar-refractivity contribution is 5.91. The van der Waals surface area contributed by atoms with Crippen molar-refractivity contribution in [1.29, 1.82) is 0 Å². The van der Waals surface area contributed by atoms with E-state index in [0.29, 0.717) is 11.4 Å². The number of nitrogens with zero attached hydrogens (tertiary/aromatic N) is 1. The standard InChI is InChI=1S/C13H12FNO5/c14-5-6-19-9-3-1-8(15-7-9)2-4-10-11(16)12(17)13(18)20-10/h1,3-4,7,16-17H,2,5-6H2/b10-4+/i14-1. The molecule has 1 aromatic rings.